The molecule has 0 unspecified atom stereocenters. The summed E-state index contributed by atoms with van der Waals surface area (Å²) >= 11 is 0. The van der Waals surface area contributed by atoms with Crippen LogP contribution in [0.1, 0.15) is 32.1 Å². The van der Waals surface area contributed by atoms with Gasteiger partial charge in [0, 0.05) is 32.7 Å². The van der Waals surface area contributed by atoms with Gasteiger partial charge in [0.1, 0.15) is 11.4 Å². The lowest BCUT2D eigenvalue weighted by Crippen LogP contribution is -2.05. The number of methoxy groups -OCH3 is 2. The van der Waals surface area contributed by atoms with Crippen LogP contribution in [-0.4, -0.2) is 46.1 Å². The molecule has 0 fully saturated rings. The van der Waals surface area contributed by atoms with E-state index in [2.05, 4.69) is 9.97 Å². The van der Waals surface area contributed by atoms with Gasteiger partial charge in [-0.3, -0.25) is 0 Å². The largest absolute Gasteiger partial charge is 0.464 e. The van der Waals surface area contributed by atoms with Gasteiger partial charge >= 0.3 is 11.9 Å². The molecule has 8 nitrogen and oxygen atoms in total. The summed E-state index contributed by atoms with van der Waals surface area (Å²) in [6.07, 6.45) is 0. The molecule has 0 aliphatic heterocycles. The Balaban J connectivity index is 1.30. The van der Waals surface area contributed by atoms with E-state index >= 15 is 0 Å². The molecule has 0 spiro atoms. The van der Waals surface area contributed by atoms with Crippen LogP contribution < -0.4 is 0 Å². The number of carbonyl (C=O) groups excluding carboxylic acids is 2. The van der Waals surface area contributed by atoms with E-state index in [1.165, 1.54) is 14.2 Å². The molecular weight excluding hydrogens is 552 g/mol. The van der Waals surface area contributed by atoms with Crippen molar-refractivity contribution >= 4 is 55.6 Å². The van der Waals surface area contributed by atoms with Crippen molar-refractivity contribution in [3.05, 3.63) is 107 Å². The minimum absolute atomic E-state index is 0.254. The molecule has 0 N–H and O–H groups in total. The summed E-state index contributed by atoms with van der Waals surface area (Å²) in [5, 5.41) is 3.73. The first-order valence-electron chi connectivity index (χ1n) is 14.0. The van der Waals surface area contributed by atoms with E-state index in [0.29, 0.717) is 11.0 Å². The molecule has 0 saturated carbocycles. The average molecular weight is 579 g/mol. The lowest BCUT2D eigenvalue weighted by atomic mass is 10.0. The van der Waals surface area contributed by atoms with Gasteiger partial charge in [0.2, 0.25) is 0 Å². The highest BCUT2D eigenvalue weighted by atomic mass is 16.5. The minimum atomic E-state index is -0.483. The van der Waals surface area contributed by atoms with Gasteiger partial charge in [-0.1, -0.05) is 60.7 Å². The standard InChI is InChI=1S/C36H26N4O4/c1-19-17-29(35(41)43-3)39-33-25(19)13-9-23-11-15-27(37-31(23)33)21-5-7-22(8-6-21)28-16-12-24-10-14-26-20(2)18-30(36(42)44-4)40-34(26)32(24)38-28/h5-18H,1-4H3. The van der Waals surface area contributed by atoms with Crippen LogP contribution in [0, 0.1) is 13.8 Å². The van der Waals surface area contributed by atoms with Crippen LogP contribution in [0.3, 0.4) is 0 Å². The van der Waals surface area contributed by atoms with E-state index in [-0.39, 0.29) is 11.4 Å². The lowest BCUT2D eigenvalue weighted by Gasteiger charge is -2.10. The number of hydrogen-bond donors (Lipinski definition) is 0. The van der Waals surface area contributed by atoms with Crippen molar-refractivity contribution in [1.82, 2.24) is 19.9 Å². The number of fused-ring (bicyclic) bond motifs is 6. The Morgan fingerprint density at radius 1 is 0.500 bits per heavy atom. The van der Waals surface area contributed by atoms with Crippen molar-refractivity contribution in [3.63, 3.8) is 0 Å². The Hall–Kier alpha value is -5.76. The van der Waals surface area contributed by atoms with Crippen LogP contribution >= 0.6 is 0 Å². The smallest absolute Gasteiger partial charge is 0.356 e. The van der Waals surface area contributed by atoms with Crippen LogP contribution in [0.4, 0.5) is 0 Å². The number of rotatable bonds is 4. The first kappa shape index (κ1) is 27.1. The topological polar surface area (TPSA) is 104 Å². The zero-order valence-electron chi connectivity index (χ0n) is 24.5. The van der Waals surface area contributed by atoms with E-state index in [4.69, 9.17) is 19.4 Å². The molecule has 7 rings (SSSR count). The van der Waals surface area contributed by atoms with Crippen LogP contribution in [0.25, 0.3) is 66.1 Å². The zero-order valence-corrected chi connectivity index (χ0v) is 24.5. The fraction of sp³-hybridized carbons (Fsp3) is 0.111. The van der Waals surface area contributed by atoms with Crippen molar-refractivity contribution in [3.8, 4) is 22.5 Å². The van der Waals surface area contributed by atoms with Crippen molar-refractivity contribution in [2.75, 3.05) is 14.2 Å². The number of benzene rings is 3. The summed E-state index contributed by atoms with van der Waals surface area (Å²) in [6, 6.07) is 27.6. The van der Waals surface area contributed by atoms with Crippen molar-refractivity contribution in [1.29, 1.82) is 0 Å². The number of carbonyl (C=O) groups is 2. The molecule has 0 amide bonds. The molecular formula is C36H26N4O4. The van der Waals surface area contributed by atoms with E-state index < -0.39 is 11.9 Å². The summed E-state index contributed by atoms with van der Waals surface area (Å²) in [4.78, 5) is 43.7. The van der Waals surface area contributed by atoms with Crippen molar-refractivity contribution < 1.29 is 19.1 Å². The Labute approximate surface area is 252 Å². The summed E-state index contributed by atoms with van der Waals surface area (Å²) in [6.45, 7) is 3.90. The maximum absolute atomic E-state index is 12.3. The van der Waals surface area contributed by atoms with Gasteiger partial charge in [0.05, 0.1) is 47.7 Å². The Morgan fingerprint density at radius 3 is 1.27 bits per heavy atom. The van der Waals surface area contributed by atoms with Gasteiger partial charge in [-0.05, 0) is 49.2 Å². The van der Waals surface area contributed by atoms with Gasteiger partial charge in [0.15, 0.2) is 0 Å². The third-order valence-corrected chi connectivity index (χ3v) is 7.96. The second-order valence-electron chi connectivity index (χ2n) is 10.7. The molecule has 8 heteroatoms. The predicted molar refractivity (Wildman–Crippen MR) is 171 cm³/mol. The van der Waals surface area contributed by atoms with E-state index in [1.54, 1.807) is 12.1 Å². The summed E-state index contributed by atoms with van der Waals surface area (Å²) in [5.41, 5.74) is 8.55. The molecule has 0 bridgehead atoms. The summed E-state index contributed by atoms with van der Waals surface area (Å²) in [7, 11) is 2.70. The quantitative estimate of drug-likeness (QED) is 0.157. The highest BCUT2D eigenvalue weighted by molar-refractivity contribution is 6.07. The zero-order chi connectivity index (χ0) is 30.5. The highest BCUT2D eigenvalue weighted by Gasteiger charge is 2.16. The normalized spacial score (nSPS) is 11.4. The Kier molecular flexibility index (Phi) is 6.47. The fourth-order valence-corrected chi connectivity index (χ4v) is 5.63. The maximum Gasteiger partial charge on any atom is 0.356 e. The summed E-state index contributed by atoms with van der Waals surface area (Å²) in [5.74, 6) is -0.965. The first-order valence-corrected chi connectivity index (χ1v) is 14.0. The number of aryl methyl sites for hydroxylation is 2. The molecule has 0 aliphatic rings. The molecule has 44 heavy (non-hydrogen) atoms. The van der Waals surface area contributed by atoms with Gasteiger partial charge in [-0.25, -0.2) is 29.5 Å². The highest BCUT2D eigenvalue weighted by Crippen LogP contribution is 2.31. The second kappa shape index (κ2) is 10.5. The number of pyridine rings is 4. The molecule has 0 aliphatic carbocycles. The molecule has 0 saturated heterocycles. The molecule has 0 radical (unpaired) electrons. The molecule has 7 aromatic rings. The molecule has 4 aromatic heterocycles. The van der Waals surface area contributed by atoms with Crippen LogP contribution in [0.15, 0.2) is 84.9 Å². The van der Waals surface area contributed by atoms with Gasteiger partial charge < -0.3 is 9.47 Å². The molecule has 214 valence electrons. The third kappa shape index (κ3) is 4.48. The van der Waals surface area contributed by atoms with E-state index in [9.17, 15) is 9.59 Å². The van der Waals surface area contributed by atoms with Gasteiger partial charge in [-0.15, -0.1) is 0 Å². The maximum atomic E-state index is 12.3. The third-order valence-electron chi connectivity index (χ3n) is 7.96. The molecule has 4 heterocycles. The number of aromatic nitrogens is 4. The Morgan fingerprint density at radius 2 is 0.886 bits per heavy atom. The summed E-state index contributed by atoms with van der Waals surface area (Å²) < 4.78 is 9.83. The van der Waals surface area contributed by atoms with E-state index in [0.717, 1.165) is 66.2 Å². The number of esters is 2. The van der Waals surface area contributed by atoms with Crippen LogP contribution in [0.2, 0.25) is 0 Å². The average Bonchev–Trinajstić information content (AvgIpc) is 3.06. The predicted octanol–water partition coefficient (Wildman–Crippen LogP) is 7.40. The molecule has 3 aromatic carbocycles. The van der Waals surface area contributed by atoms with Gasteiger partial charge in [-0.2, -0.15) is 0 Å². The van der Waals surface area contributed by atoms with Crippen molar-refractivity contribution in [2.45, 2.75) is 13.8 Å². The number of hydrogen-bond acceptors (Lipinski definition) is 8. The van der Waals surface area contributed by atoms with Crippen molar-refractivity contribution in [2.24, 2.45) is 0 Å². The number of nitrogens with zero attached hydrogens (tertiary/aromatic N) is 4. The number of ether oxygens (including phenoxy) is 2. The lowest BCUT2D eigenvalue weighted by molar-refractivity contribution is 0.0585. The van der Waals surface area contributed by atoms with E-state index in [1.807, 2.05) is 86.6 Å². The van der Waals surface area contributed by atoms with Gasteiger partial charge in [0.25, 0.3) is 0 Å². The van der Waals surface area contributed by atoms with Crippen LogP contribution in [-0.2, 0) is 9.47 Å². The minimum Gasteiger partial charge on any atom is -0.464 e. The molecule has 0 atom stereocenters. The monoisotopic (exact) mass is 578 g/mol. The van der Waals surface area contributed by atoms with Crippen LogP contribution in [0.5, 0.6) is 0 Å². The Bertz CT molecular complexity index is 2150. The fourth-order valence-electron chi connectivity index (χ4n) is 5.63. The second-order valence-corrected chi connectivity index (χ2v) is 10.7. The SMILES string of the molecule is COC(=O)c1cc(C)c2ccc3ccc(-c4ccc(-c5ccc6ccc7c(C)cc(C(=O)OC)nc7c6n5)cc4)nc3c2n1. The first-order chi connectivity index (χ1) is 21.3.